The van der Waals surface area contributed by atoms with Gasteiger partial charge in [0.15, 0.2) is 0 Å². The normalized spacial score (nSPS) is 18.1. The Kier molecular flexibility index (Phi) is 4.44. The smallest absolute Gasteiger partial charge is 0.340 e. The minimum absolute atomic E-state index is 0.0840. The molecule has 1 aliphatic heterocycles. The van der Waals surface area contributed by atoms with E-state index in [-0.39, 0.29) is 23.9 Å². The molecule has 0 aromatic heterocycles. The lowest BCUT2D eigenvalue weighted by molar-refractivity contribution is 0.0527. The van der Waals surface area contributed by atoms with E-state index >= 15 is 0 Å². The predicted octanol–water partition coefficient (Wildman–Crippen LogP) is 1.81. The van der Waals surface area contributed by atoms with Crippen LogP contribution in [-0.4, -0.2) is 38.9 Å². The summed E-state index contributed by atoms with van der Waals surface area (Å²) in [7, 11) is 1.78. The molecule has 0 amide bonds. The van der Waals surface area contributed by atoms with Crippen LogP contribution < -0.4 is 10.6 Å². The van der Waals surface area contributed by atoms with Crippen LogP contribution in [0.5, 0.6) is 0 Å². The van der Waals surface area contributed by atoms with Crippen molar-refractivity contribution in [2.24, 2.45) is 0 Å². The molecule has 1 heterocycles. The van der Waals surface area contributed by atoms with Crippen molar-refractivity contribution in [3.8, 4) is 0 Å². The Balaban J connectivity index is 2.32. The molecule has 2 N–H and O–H groups in total. The third kappa shape index (κ3) is 2.85. The Hall–Kier alpha value is -1.82. The molecule has 1 aliphatic rings. The molecule has 1 atom stereocenters. The number of benzene rings is 1. The monoisotopic (exact) mass is 282 g/mol. The fourth-order valence-electron chi connectivity index (χ4n) is 2.26. The summed E-state index contributed by atoms with van der Waals surface area (Å²) < 4.78 is 24.3. The van der Waals surface area contributed by atoms with Crippen molar-refractivity contribution in [2.75, 3.05) is 37.5 Å². The molecule has 0 aliphatic carbocycles. The van der Waals surface area contributed by atoms with Crippen LogP contribution in [-0.2, 0) is 9.47 Å². The quantitative estimate of drug-likeness (QED) is 0.674. The fourth-order valence-corrected chi connectivity index (χ4v) is 2.26. The number of likely N-dealkylation sites (N-methyl/N-ethyl adjacent to an activating group) is 1. The molecule has 20 heavy (non-hydrogen) atoms. The third-order valence-corrected chi connectivity index (χ3v) is 3.45. The van der Waals surface area contributed by atoms with E-state index < -0.39 is 11.8 Å². The van der Waals surface area contributed by atoms with Crippen molar-refractivity contribution < 1.29 is 18.7 Å². The molecule has 5 nitrogen and oxygen atoms in total. The van der Waals surface area contributed by atoms with Gasteiger partial charge in [-0.25, -0.2) is 9.18 Å². The van der Waals surface area contributed by atoms with E-state index in [2.05, 4.69) is 0 Å². The van der Waals surface area contributed by atoms with Gasteiger partial charge < -0.3 is 20.1 Å². The average Bonchev–Trinajstić information content (AvgIpc) is 2.92. The van der Waals surface area contributed by atoms with Crippen LogP contribution in [0.1, 0.15) is 23.7 Å². The van der Waals surface area contributed by atoms with Gasteiger partial charge in [0.2, 0.25) is 0 Å². The van der Waals surface area contributed by atoms with E-state index in [0.29, 0.717) is 18.9 Å². The molecule has 6 heteroatoms. The van der Waals surface area contributed by atoms with Crippen LogP contribution in [0.2, 0.25) is 0 Å². The molecule has 1 saturated heterocycles. The first-order valence-electron chi connectivity index (χ1n) is 6.61. The van der Waals surface area contributed by atoms with E-state index in [9.17, 15) is 9.18 Å². The first-order valence-corrected chi connectivity index (χ1v) is 6.61. The zero-order valence-corrected chi connectivity index (χ0v) is 11.7. The number of nitrogens with two attached hydrogens (primary N) is 1. The second-order valence-electron chi connectivity index (χ2n) is 4.74. The van der Waals surface area contributed by atoms with Gasteiger partial charge in [0, 0.05) is 19.3 Å². The highest BCUT2D eigenvalue weighted by Crippen LogP contribution is 2.28. The van der Waals surface area contributed by atoms with Crippen LogP contribution in [0, 0.1) is 5.82 Å². The molecular formula is C14H19FN2O3. The van der Waals surface area contributed by atoms with Gasteiger partial charge in [-0.2, -0.15) is 0 Å². The summed E-state index contributed by atoms with van der Waals surface area (Å²) in [6.45, 7) is 3.17. The molecule has 110 valence electrons. The summed E-state index contributed by atoms with van der Waals surface area (Å²) in [4.78, 5) is 13.6. The number of nitrogen functional groups attached to an aromatic ring is 1. The standard InChI is InChI=1S/C14H19FN2O3/c1-3-20-14(18)10-6-13(11(15)7-12(10)16)17(2)9-4-5-19-8-9/h6-7,9H,3-5,8,16H2,1-2H3. The van der Waals surface area contributed by atoms with Crippen LogP contribution in [0.25, 0.3) is 0 Å². The van der Waals surface area contributed by atoms with Crippen molar-refractivity contribution in [1.29, 1.82) is 0 Å². The minimum Gasteiger partial charge on any atom is -0.462 e. The predicted molar refractivity (Wildman–Crippen MR) is 74.4 cm³/mol. The number of carbonyl (C=O) groups excluding carboxylic acids is 1. The Morgan fingerprint density at radius 1 is 1.60 bits per heavy atom. The highest BCUT2D eigenvalue weighted by atomic mass is 19.1. The van der Waals surface area contributed by atoms with E-state index in [0.717, 1.165) is 12.5 Å². The molecule has 2 rings (SSSR count). The van der Waals surface area contributed by atoms with Crippen LogP contribution in [0.4, 0.5) is 15.8 Å². The van der Waals surface area contributed by atoms with Gasteiger partial charge in [0.1, 0.15) is 5.82 Å². The van der Waals surface area contributed by atoms with Gasteiger partial charge >= 0.3 is 5.97 Å². The molecular weight excluding hydrogens is 263 g/mol. The van der Waals surface area contributed by atoms with Crippen LogP contribution in [0.3, 0.4) is 0 Å². The summed E-state index contributed by atoms with van der Waals surface area (Å²) in [6, 6.07) is 2.71. The molecule has 1 aromatic rings. The van der Waals surface area contributed by atoms with Crippen molar-refractivity contribution in [1.82, 2.24) is 0 Å². The number of anilines is 2. The van der Waals surface area contributed by atoms with Gasteiger partial charge in [-0.3, -0.25) is 0 Å². The molecule has 0 spiro atoms. The average molecular weight is 282 g/mol. The van der Waals surface area contributed by atoms with Gasteiger partial charge in [-0.15, -0.1) is 0 Å². The Labute approximate surface area is 117 Å². The first kappa shape index (κ1) is 14.6. The molecule has 1 unspecified atom stereocenters. The van der Waals surface area contributed by atoms with Crippen molar-refractivity contribution >= 4 is 17.3 Å². The van der Waals surface area contributed by atoms with E-state index in [1.807, 2.05) is 0 Å². The van der Waals surface area contributed by atoms with E-state index in [1.54, 1.807) is 18.9 Å². The number of hydrogen-bond donors (Lipinski definition) is 1. The third-order valence-electron chi connectivity index (χ3n) is 3.45. The summed E-state index contributed by atoms with van der Waals surface area (Å²) >= 11 is 0. The van der Waals surface area contributed by atoms with E-state index in [1.165, 1.54) is 6.07 Å². The lowest BCUT2D eigenvalue weighted by Gasteiger charge is -2.26. The first-order chi connectivity index (χ1) is 9.54. The minimum atomic E-state index is -0.540. The highest BCUT2D eigenvalue weighted by molar-refractivity contribution is 5.96. The molecule has 0 bridgehead atoms. The van der Waals surface area contributed by atoms with Gasteiger partial charge in [0.05, 0.1) is 30.5 Å². The lowest BCUT2D eigenvalue weighted by Crippen LogP contribution is -2.32. The molecule has 1 aromatic carbocycles. The number of carbonyl (C=O) groups is 1. The van der Waals surface area contributed by atoms with Crippen molar-refractivity contribution in [3.05, 3.63) is 23.5 Å². The number of ether oxygens (including phenoxy) is 2. The second kappa shape index (κ2) is 6.09. The fraction of sp³-hybridized carbons (Fsp3) is 0.500. The zero-order valence-electron chi connectivity index (χ0n) is 11.7. The topological polar surface area (TPSA) is 64.8 Å². The van der Waals surface area contributed by atoms with Crippen LogP contribution >= 0.6 is 0 Å². The Morgan fingerprint density at radius 2 is 2.35 bits per heavy atom. The Morgan fingerprint density at radius 3 is 2.95 bits per heavy atom. The number of hydrogen-bond acceptors (Lipinski definition) is 5. The van der Waals surface area contributed by atoms with Gasteiger partial charge in [-0.1, -0.05) is 0 Å². The van der Waals surface area contributed by atoms with E-state index in [4.69, 9.17) is 15.2 Å². The second-order valence-corrected chi connectivity index (χ2v) is 4.74. The van der Waals surface area contributed by atoms with Gasteiger partial charge in [0.25, 0.3) is 0 Å². The lowest BCUT2D eigenvalue weighted by atomic mass is 10.1. The number of nitrogens with zero attached hydrogens (tertiary/aromatic N) is 1. The summed E-state index contributed by atoms with van der Waals surface area (Å²) in [6.07, 6.45) is 0.828. The summed E-state index contributed by atoms with van der Waals surface area (Å²) in [5, 5.41) is 0. The van der Waals surface area contributed by atoms with Crippen molar-refractivity contribution in [3.63, 3.8) is 0 Å². The zero-order chi connectivity index (χ0) is 14.7. The Bertz CT molecular complexity index is 501. The number of esters is 1. The molecule has 1 fully saturated rings. The molecule has 0 radical (unpaired) electrons. The SMILES string of the molecule is CCOC(=O)c1cc(N(C)C2CCOC2)c(F)cc1N. The maximum atomic E-state index is 14.1. The largest absolute Gasteiger partial charge is 0.462 e. The van der Waals surface area contributed by atoms with Crippen LogP contribution in [0.15, 0.2) is 12.1 Å². The molecule has 0 saturated carbocycles. The number of rotatable bonds is 4. The maximum absolute atomic E-state index is 14.1. The summed E-state index contributed by atoms with van der Waals surface area (Å²) in [5.74, 6) is -0.993. The maximum Gasteiger partial charge on any atom is 0.340 e. The highest BCUT2D eigenvalue weighted by Gasteiger charge is 2.24. The number of halogens is 1. The van der Waals surface area contributed by atoms with Crippen molar-refractivity contribution in [2.45, 2.75) is 19.4 Å². The van der Waals surface area contributed by atoms with Gasteiger partial charge in [-0.05, 0) is 25.5 Å². The summed E-state index contributed by atoms with van der Waals surface area (Å²) in [5.41, 5.74) is 6.30.